The molecule has 0 unspecified atom stereocenters. The predicted molar refractivity (Wildman–Crippen MR) is 98.0 cm³/mol. The van der Waals surface area contributed by atoms with Gasteiger partial charge in [-0.1, -0.05) is 44.2 Å². The summed E-state index contributed by atoms with van der Waals surface area (Å²) in [5.74, 6) is 1.81. The molecule has 3 aromatic rings. The fourth-order valence-electron chi connectivity index (χ4n) is 2.39. The molecule has 1 N–H and O–H groups in total. The van der Waals surface area contributed by atoms with Gasteiger partial charge in [-0.15, -0.1) is 0 Å². The Bertz CT molecular complexity index is 820. The van der Waals surface area contributed by atoms with E-state index in [1.54, 1.807) is 12.1 Å². The Morgan fingerprint density at radius 3 is 2.40 bits per heavy atom. The van der Waals surface area contributed by atoms with Gasteiger partial charge in [0, 0.05) is 5.69 Å². The molecule has 25 heavy (non-hydrogen) atoms. The molecule has 128 valence electrons. The van der Waals surface area contributed by atoms with Crippen molar-refractivity contribution in [1.29, 1.82) is 0 Å². The summed E-state index contributed by atoms with van der Waals surface area (Å²) in [6, 6.07) is 20.7. The van der Waals surface area contributed by atoms with Gasteiger partial charge in [0.1, 0.15) is 18.1 Å². The SMILES string of the molecule is CC(C)c1ccc(NC(=O)c2ccc(COc3ccccc3)o2)cc1. The molecule has 4 heteroatoms. The van der Waals surface area contributed by atoms with Crippen molar-refractivity contribution in [3.8, 4) is 5.75 Å². The second kappa shape index (κ2) is 7.71. The van der Waals surface area contributed by atoms with Crippen LogP contribution >= 0.6 is 0 Å². The Hall–Kier alpha value is -3.01. The Morgan fingerprint density at radius 2 is 1.72 bits per heavy atom. The summed E-state index contributed by atoms with van der Waals surface area (Å²) in [5.41, 5.74) is 1.98. The minimum atomic E-state index is -0.275. The first-order valence-electron chi connectivity index (χ1n) is 8.29. The summed E-state index contributed by atoms with van der Waals surface area (Å²) in [4.78, 5) is 12.3. The number of ether oxygens (including phenoxy) is 1. The number of benzene rings is 2. The van der Waals surface area contributed by atoms with Gasteiger partial charge >= 0.3 is 0 Å². The highest BCUT2D eigenvalue weighted by Crippen LogP contribution is 2.19. The lowest BCUT2D eigenvalue weighted by Crippen LogP contribution is -2.10. The molecule has 0 saturated carbocycles. The maximum absolute atomic E-state index is 12.3. The summed E-state index contributed by atoms with van der Waals surface area (Å²) < 4.78 is 11.2. The van der Waals surface area contributed by atoms with Gasteiger partial charge in [0.25, 0.3) is 5.91 Å². The smallest absolute Gasteiger partial charge is 0.291 e. The number of carbonyl (C=O) groups is 1. The van der Waals surface area contributed by atoms with E-state index in [4.69, 9.17) is 9.15 Å². The van der Waals surface area contributed by atoms with E-state index in [0.29, 0.717) is 11.7 Å². The topological polar surface area (TPSA) is 51.5 Å². The van der Waals surface area contributed by atoms with Crippen LogP contribution in [0.5, 0.6) is 5.75 Å². The molecular formula is C21H21NO3. The van der Waals surface area contributed by atoms with Gasteiger partial charge in [-0.3, -0.25) is 4.79 Å². The first kappa shape index (κ1) is 16.8. The van der Waals surface area contributed by atoms with Crippen LogP contribution in [0, 0.1) is 0 Å². The normalized spacial score (nSPS) is 10.7. The Morgan fingerprint density at radius 1 is 1.00 bits per heavy atom. The van der Waals surface area contributed by atoms with Crippen molar-refractivity contribution in [3.63, 3.8) is 0 Å². The highest BCUT2D eigenvalue weighted by atomic mass is 16.5. The minimum Gasteiger partial charge on any atom is -0.486 e. The number of rotatable bonds is 6. The van der Waals surface area contributed by atoms with E-state index in [-0.39, 0.29) is 18.3 Å². The molecule has 0 aliphatic carbocycles. The number of hydrogen-bond donors (Lipinski definition) is 1. The van der Waals surface area contributed by atoms with Crippen molar-refractivity contribution >= 4 is 11.6 Å². The van der Waals surface area contributed by atoms with E-state index in [9.17, 15) is 4.79 Å². The number of amides is 1. The number of furan rings is 1. The maximum atomic E-state index is 12.3. The van der Waals surface area contributed by atoms with Crippen LogP contribution in [0.15, 0.2) is 71.1 Å². The Labute approximate surface area is 147 Å². The standard InChI is InChI=1S/C21H21NO3/c1-15(2)16-8-10-17(11-9-16)22-21(23)20-13-12-19(25-20)14-24-18-6-4-3-5-7-18/h3-13,15H,14H2,1-2H3,(H,22,23). The van der Waals surface area contributed by atoms with Gasteiger partial charge in [-0.05, 0) is 47.9 Å². The highest BCUT2D eigenvalue weighted by Gasteiger charge is 2.12. The lowest BCUT2D eigenvalue weighted by Gasteiger charge is -2.07. The molecule has 1 heterocycles. The molecule has 2 aromatic carbocycles. The predicted octanol–water partition coefficient (Wildman–Crippen LogP) is 5.23. The van der Waals surface area contributed by atoms with Gasteiger partial charge in [0.2, 0.25) is 0 Å². The van der Waals surface area contributed by atoms with Crippen LogP contribution in [0.4, 0.5) is 5.69 Å². The molecule has 0 spiro atoms. The zero-order valence-corrected chi connectivity index (χ0v) is 14.4. The van der Waals surface area contributed by atoms with Crippen LogP contribution in [-0.2, 0) is 6.61 Å². The van der Waals surface area contributed by atoms with Crippen LogP contribution in [0.2, 0.25) is 0 Å². The molecule has 0 aliphatic heterocycles. The van der Waals surface area contributed by atoms with Gasteiger partial charge in [0.05, 0.1) is 0 Å². The summed E-state index contributed by atoms with van der Waals surface area (Å²) in [7, 11) is 0. The van der Waals surface area contributed by atoms with Gasteiger partial charge in [0.15, 0.2) is 5.76 Å². The highest BCUT2D eigenvalue weighted by molar-refractivity contribution is 6.02. The number of para-hydroxylation sites is 1. The third-order valence-corrected chi connectivity index (χ3v) is 3.84. The summed E-state index contributed by atoms with van der Waals surface area (Å²) in [6.45, 7) is 4.55. The fraction of sp³-hybridized carbons (Fsp3) is 0.190. The van der Waals surface area contributed by atoms with Crippen molar-refractivity contribution < 1.29 is 13.9 Å². The Balaban J connectivity index is 1.58. The molecule has 1 amide bonds. The number of anilines is 1. The molecule has 4 nitrogen and oxygen atoms in total. The van der Waals surface area contributed by atoms with Crippen LogP contribution in [-0.4, -0.2) is 5.91 Å². The molecule has 0 atom stereocenters. The van der Waals surface area contributed by atoms with Crippen molar-refractivity contribution in [2.45, 2.75) is 26.4 Å². The molecule has 0 bridgehead atoms. The monoisotopic (exact) mass is 335 g/mol. The number of nitrogens with one attached hydrogen (secondary N) is 1. The zero-order chi connectivity index (χ0) is 17.6. The van der Waals surface area contributed by atoms with Gasteiger partial charge < -0.3 is 14.5 Å². The van der Waals surface area contributed by atoms with Crippen molar-refractivity contribution in [2.75, 3.05) is 5.32 Å². The first-order chi connectivity index (χ1) is 12.1. The van der Waals surface area contributed by atoms with Crippen LogP contribution < -0.4 is 10.1 Å². The average Bonchev–Trinajstić information content (AvgIpc) is 3.10. The van der Waals surface area contributed by atoms with Crippen molar-refractivity contribution in [1.82, 2.24) is 0 Å². The third kappa shape index (κ3) is 4.51. The van der Waals surface area contributed by atoms with Crippen LogP contribution in [0.25, 0.3) is 0 Å². The summed E-state index contributed by atoms with van der Waals surface area (Å²) in [6.07, 6.45) is 0. The quantitative estimate of drug-likeness (QED) is 0.670. The lowest BCUT2D eigenvalue weighted by molar-refractivity contribution is 0.0992. The Kier molecular flexibility index (Phi) is 5.19. The molecule has 0 aliphatic rings. The van der Waals surface area contributed by atoms with Crippen LogP contribution in [0.3, 0.4) is 0 Å². The van der Waals surface area contributed by atoms with Crippen molar-refractivity contribution in [3.05, 3.63) is 83.8 Å². The fourth-order valence-corrected chi connectivity index (χ4v) is 2.39. The average molecular weight is 335 g/mol. The molecule has 0 radical (unpaired) electrons. The van der Waals surface area contributed by atoms with Crippen molar-refractivity contribution in [2.24, 2.45) is 0 Å². The lowest BCUT2D eigenvalue weighted by atomic mass is 10.0. The molecule has 0 saturated heterocycles. The minimum absolute atomic E-state index is 0.264. The summed E-state index contributed by atoms with van der Waals surface area (Å²) >= 11 is 0. The second-order valence-corrected chi connectivity index (χ2v) is 6.10. The van der Waals surface area contributed by atoms with E-state index in [1.165, 1.54) is 5.56 Å². The number of carbonyl (C=O) groups excluding carboxylic acids is 1. The first-order valence-corrected chi connectivity index (χ1v) is 8.29. The maximum Gasteiger partial charge on any atom is 0.291 e. The van der Waals surface area contributed by atoms with E-state index >= 15 is 0 Å². The zero-order valence-electron chi connectivity index (χ0n) is 14.4. The third-order valence-electron chi connectivity index (χ3n) is 3.84. The van der Waals surface area contributed by atoms with E-state index in [1.807, 2.05) is 54.6 Å². The van der Waals surface area contributed by atoms with E-state index in [2.05, 4.69) is 19.2 Å². The second-order valence-electron chi connectivity index (χ2n) is 6.10. The molecular weight excluding hydrogens is 314 g/mol. The van der Waals surface area contributed by atoms with Crippen LogP contribution in [0.1, 0.15) is 41.6 Å². The van der Waals surface area contributed by atoms with Gasteiger partial charge in [-0.25, -0.2) is 0 Å². The number of hydrogen-bond acceptors (Lipinski definition) is 3. The van der Waals surface area contributed by atoms with E-state index < -0.39 is 0 Å². The molecule has 1 aromatic heterocycles. The molecule has 0 fully saturated rings. The largest absolute Gasteiger partial charge is 0.486 e. The van der Waals surface area contributed by atoms with E-state index in [0.717, 1.165) is 11.4 Å². The summed E-state index contributed by atoms with van der Waals surface area (Å²) in [5, 5.41) is 2.84. The molecule has 3 rings (SSSR count). The van der Waals surface area contributed by atoms with Gasteiger partial charge in [-0.2, -0.15) is 0 Å².